The molecule has 3 heterocycles. The molecule has 4 rings (SSSR count). The van der Waals surface area contributed by atoms with Gasteiger partial charge in [-0.1, -0.05) is 15.9 Å². The number of carbonyl (C=O) groups is 2. The molecule has 0 spiro atoms. The van der Waals surface area contributed by atoms with Crippen LogP contribution < -0.4 is 16.0 Å². The average Bonchev–Trinajstić information content (AvgIpc) is 2.88. The Morgan fingerprint density at radius 1 is 1.11 bits per heavy atom. The number of benzene rings is 1. The van der Waals surface area contributed by atoms with E-state index in [0.717, 1.165) is 12.1 Å². The van der Waals surface area contributed by atoms with E-state index in [0.29, 0.717) is 42.6 Å². The third kappa shape index (κ3) is 6.19. The van der Waals surface area contributed by atoms with Gasteiger partial charge in [0.05, 0.1) is 21.7 Å². The Morgan fingerprint density at radius 3 is 2.51 bits per heavy atom. The van der Waals surface area contributed by atoms with E-state index in [-0.39, 0.29) is 46.9 Å². The minimum atomic E-state index is -0.479. The second-order valence-corrected chi connectivity index (χ2v) is 10.6. The van der Waals surface area contributed by atoms with Gasteiger partial charge >= 0.3 is 0 Å². The van der Waals surface area contributed by atoms with Crippen molar-refractivity contribution in [2.75, 3.05) is 43.9 Å². The number of carbonyl (C=O) groups excluding carboxylic acids is 2. The maximum atomic E-state index is 13.6. The second-order valence-electron chi connectivity index (χ2n) is 9.73. The van der Waals surface area contributed by atoms with E-state index in [2.05, 4.69) is 36.9 Å². The van der Waals surface area contributed by atoms with Gasteiger partial charge in [-0.3, -0.25) is 24.7 Å². The molecule has 2 saturated heterocycles. The number of nitrogens with zero attached hydrogens (tertiary/aromatic N) is 4. The standard InChI is InChI=1S/C25H32BrN7O4/c1-15-12-32(13-16(2)29-15)25(35)21-8-18(26)9-22(33(36)37)23(21)30-19-5-4-6-31(14-19)24(34)17-7-20(27-3)11-28-10-17/h7-11,15-16,19,27,29-30H,4-6,12-14H2,1-3H3/t15-,16+,19-/m1/s1. The number of hydrogen-bond donors (Lipinski definition) is 3. The van der Waals surface area contributed by atoms with Crippen LogP contribution in [0.3, 0.4) is 0 Å². The molecular weight excluding hydrogens is 542 g/mol. The van der Waals surface area contributed by atoms with Crippen LogP contribution in [-0.4, -0.2) is 82.9 Å². The quantitative estimate of drug-likeness (QED) is 0.354. The van der Waals surface area contributed by atoms with Gasteiger partial charge < -0.3 is 25.8 Å². The van der Waals surface area contributed by atoms with E-state index in [4.69, 9.17) is 0 Å². The van der Waals surface area contributed by atoms with Crippen LogP contribution in [0.4, 0.5) is 17.1 Å². The Balaban J connectivity index is 1.60. The lowest BCUT2D eigenvalue weighted by Crippen LogP contribution is -2.56. The summed E-state index contributed by atoms with van der Waals surface area (Å²) in [5.41, 5.74) is 1.47. The fourth-order valence-electron chi connectivity index (χ4n) is 5.08. The molecule has 3 atom stereocenters. The summed E-state index contributed by atoms with van der Waals surface area (Å²) in [6.45, 7) is 5.96. The molecule has 2 aliphatic rings. The van der Waals surface area contributed by atoms with Crippen molar-refractivity contribution in [3.05, 3.63) is 56.3 Å². The largest absolute Gasteiger partial charge is 0.387 e. The molecule has 1 aromatic heterocycles. The lowest BCUT2D eigenvalue weighted by atomic mass is 10.0. The molecule has 37 heavy (non-hydrogen) atoms. The van der Waals surface area contributed by atoms with E-state index in [1.165, 1.54) is 12.3 Å². The minimum Gasteiger partial charge on any atom is -0.387 e. The molecule has 2 fully saturated rings. The molecule has 0 unspecified atom stereocenters. The lowest BCUT2D eigenvalue weighted by Gasteiger charge is -2.37. The third-order valence-electron chi connectivity index (χ3n) is 6.69. The van der Waals surface area contributed by atoms with Crippen LogP contribution in [0.25, 0.3) is 0 Å². The maximum Gasteiger partial charge on any atom is 0.294 e. The van der Waals surface area contributed by atoms with E-state index >= 15 is 0 Å². The zero-order valence-electron chi connectivity index (χ0n) is 21.2. The van der Waals surface area contributed by atoms with Gasteiger partial charge in [-0.2, -0.15) is 0 Å². The van der Waals surface area contributed by atoms with E-state index in [1.54, 1.807) is 35.2 Å². The van der Waals surface area contributed by atoms with Gasteiger partial charge in [0.15, 0.2) is 0 Å². The highest BCUT2D eigenvalue weighted by Gasteiger charge is 2.33. The topological polar surface area (TPSA) is 133 Å². The van der Waals surface area contributed by atoms with Crippen molar-refractivity contribution in [1.82, 2.24) is 20.1 Å². The Bertz CT molecular complexity index is 1180. The molecule has 2 aromatic rings. The molecular formula is C25H32BrN7O4. The van der Waals surface area contributed by atoms with Gasteiger partial charge in [-0.25, -0.2) is 0 Å². The SMILES string of the molecule is CNc1cncc(C(=O)N2CCC[C@@H](Nc3c(C(=O)N4C[C@@H](C)N[C@@H](C)C4)cc(Br)cc3[N+](=O)[O-])C2)c1. The van der Waals surface area contributed by atoms with Crippen LogP contribution in [0.5, 0.6) is 0 Å². The predicted octanol–water partition coefficient (Wildman–Crippen LogP) is 3.33. The number of pyridine rings is 1. The molecule has 0 aliphatic carbocycles. The highest BCUT2D eigenvalue weighted by Crippen LogP contribution is 2.35. The van der Waals surface area contributed by atoms with Crippen LogP contribution in [-0.2, 0) is 0 Å². The fraction of sp³-hybridized carbons (Fsp3) is 0.480. The first-order chi connectivity index (χ1) is 17.7. The monoisotopic (exact) mass is 573 g/mol. The Morgan fingerprint density at radius 2 is 1.84 bits per heavy atom. The van der Waals surface area contributed by atoms with Crippen molar-refractivity contribution in [1.29, 1.82) is 0 Å². The molecule has 198 valence electrons. The molecule has 11 nitrogen and oxygen atoms in total. The van der Waals surface area contributed by atoms with Gasteiger partial charge in [0.2, 0.25) is 0 Å². The van der Waals surface area contributed by atoms with Crippen molar-refractivity contribution in [3.8, 4) is 0 Å². The normalized spacial score (nSPS) is 21.9. The highest BCUT2D eigenvalue weighted by atomic mass is 79.9. The minimum absolute atomic E-state index is 0.111. The number of hydrogen-bond acceptors (Lipinski definition) is 8. The van der Waals surface area contributed by atoms with E-state index < -0.39 is 4.92 Å². The number of rotatable bonds is 6. The molecule has 2 aliphatic heterocycles. The Hall–Kier alpha value is -3.25. The highest BCUT2D eigenvalue weighted by molar-refractivity contribution is 9.10. The number of aromatic nitrogens is 1. The number of amides is 2. The summed E-state index contributed by atoms with van der Waals surface area (Å²) < 4.78 is 0.460. The first-order valence-corrected chi connectivity index (χ1v) is 13.2. The number of nitro benzene ring substituents is 1. The summed E-state index contributed by atoms with van der Waals surface area (Å²) in [6, 6.07) is 4.75. The molecule has 12 heteroatoms. The Labute approximate surface area is 224 Å². The number of nitrogens with one attached hydrogen (secondary N) is 3. The van der Waals surface area contributed by atoms with Crippen molar-refractivity contribution in [3.63, 3.8) is 0 Å². The predicted molar refractivity (Wildman–Crippen MR) is 145 cm³/mol. The molecule has 2 amide bonds. The van der Waals surface area contributed by atoms with Crippen molar-refractivity contribution in [2.45, 2.75) is 44.8 Å². The van der Waals surface area contributed by atoms with Gasteiger partial charge in [0.1, 0.15) is 5.69 Å². The van der Waals surface area contributed by atoms with Crippen LogP contribution >= 0.6 is 15.9 Å². The molecule has 0 radical (unpaired) electrons. The average molecular weight is 574 g/mol. The number of halogens is 1. The second kappa shape index (κ2) is 11.4. The number of piperidine rings is 1. The van der Waals surface area contributed by atoms with E-state index in [1.807, 2.05) is 13.8 Å². The fourth-order valence-corrected chi connectivity index (χ4v) is 5.53. The number of anilines is 2. The zero-order valence-corrected chi connectivity index (χ0v) is 22.7. The molecule has 0 saturated carbocycles. The maximum absolute atomic E-state index is 13.6. The summed E-state index contributed by atoms with van der Waals surface area (Å²) in [5, 5.41) is 21.7. The first kappa shape index (κ1) is 26.8. The van der Waals surface area contributed by atoms with Crippen LogP contribution in [0.1, 0.15) is 47.4 Å². The summed E-state index contributed by atoms with van der Waals surface area (Å²) in [4.78, 5) is 46.0. The summed E-state index contributed by atoms with van der Waals surface area (Å²) >= 11 is 3.34. The van der Waals surface area contributed by atoms with Crippen molar-refractivity contribution in [2.24, 2.45) is 0 Å². The zero-order chi connectivity index (χ0) is 26.7. The van der Waals surface area contributed by atoms with Crippen LogP contribution in [0.2, 0.25) is 0 Å². The smallest absolute Gasteiger partial charge is 0.294 e. The summed E-state index contributed by atoms with van der Waals surface area (Å²) in [7, 11) is 1.76. The third-order valence-corrected chi connectivity index (χ3v) is 7.14. The molecule has 1 aromatic carbocycles. The van der Waals surface area contributed by atoms with Gasteiger partial charge in [-0.15, -0.1) is 0 Å². The number of piperazine rings is 1. The van der Waals surface area contributed by atoms with Gasteiger partial charge in [0, 0.05) is 74.3 Å². The van der Waals surface area contributed by atoms with E-state index in [9.17, 15) is 19.7 Å². The van der Waals surface area contributed by atoms with Crippen molar-refractivity contribution < 1.29 is 14.5 Å². The Kier molecular flexibility index (Phi) is 8.28. The molecule has 0 bridgehead atoms. The first-order valence-electron chi connectivity index (χ1n) is 12.4. The summed E-state index contributed by atoms with van der Waals surface area (Å²) in [6.07, 6.45) is 4.61. The van der Waals surface area contributed by atoms with Gasteiger partial charge in [-0.05, 0) is 38.8 Å². The number of nitro groups is 1. The lowest BCUT2D eigenvalue weighted by molar-refractivity contribution is -0.384. The van der Waals surface area contributed by atoms with Crippen LogP contribution in [0, 0.1) is 10.1 Å². The molecule has 3 N–H and O–H groups in total. The number of likely N-dealkylation sites (tertiary alicyclic amines) is 1. The van der Waals surface area contributed by atoms with Crippen LogP contribution in [0.15, 0.2) is 35.1 Å². The van der Waals surface area contributed by atoms with Gasteiger partial charge in [0.25, 0.3) is 17.5 Å². The van der Waals surface area contributed by atoms with Crippen molar-refractivity contribution >= 4 is 44.8 Å². The summed E-state index contributed by atoms with van der Waals surface area (Å²) in [5.74, 6) is -0.410.